The van der Waals surface area contributed by atoms with Gasteiger partial charge in [0.05, 0.1) is 0 Å². The molecular formula is C7H17NO4S. The van der Waals surface area contributed by atoms with Crippen molar-refractivity contribution >= 4 is 10.4 Å². The third-order valence-electron chi connectivity index (χ3n) is 1.82. The summed E-state index contributed by atoms with van der Waals surface area (Å²) in [6.07, 6.45) is 2.42. The maximum atomic E-state index is 10.4. The second kappa shape index (κ2) is 4.90. The van der Waals surface area contributed by atoms with E-state index in [2.05, 4.69) is 4.18 Å². The summed E-state index contributed by atoms with van der Waals surface area (Å²) in [7, 11) is -4.45. The van der Waals surface area contributed by atoms with E-state index >= 15 is 0 Å². The van der Waals surface area contributed by atoms with Crippen molar-refractivity contribution < 1.29 is 17.2 Å². The molecule has 0 aromatic rings. The molecule has 0 saturated heterocycles. The molecule has 0 radical (unpaired) electrons. The lowest BCUT2D eigenvalue weighted by atomic mass is 10.1. The highest BCUT2D eigenvalue weighted by Crippen LogP contribution is 2.18. The van der Waals surface area contributed by atoms with E-state index in [0.717, 1.165) is 12.8 Å². The van der Waals surface area contributed by atoms with E-state index in [1.54, 1.807) is 6.92 Å². The van der Waals surface area contributed by atoms with Gasteiger partial charge >= 0.3 is 10.4 Å². The van der Waals surface area contributed by atoms with Crippen molar-refractivity contribution in [3.8, 4) is 0 Å². The van der Waals surface area contributed by atoms with Gasteiger partial charge in [0.2, 0.25) is 0 Å². The SMILES string of the molecule is CCCC[C@@](N)(CC)OS(=O)(=O)O. The fourth-order valence-corrected chi connectivity index (χ4v) is 1.58. The summed E-state index contributed by atoms with van der Waals surface area (Å²) >= 11 is 0. The topological polar surface area (TPSA) is 89.6 Å². The van der Waals surface area contributed by atoms with Gasteiger partial charge in [-0.05, 0) is 19.3 Å². The van der Waals surface area contributed by atoms with Gasteiger partial charge in [-0.3, -0.25) is 4.55 Å². The molecule has 5 nitrogen and oxygen atoms in total. The normalized spacial score (nSPS) is 16.9. The molecule has 0 aliphatic carbocycles. The van der Waals surface area contributed by atoms with Gasteiger partial charge in [-0.2, -0.15) is 8.42 Å². The molecule has 0 heterocycles. The molecule has 6 heteroatoms. The number of unbranched alkanes of at least 4 members (excludes halogenated alkanes) is 1. The summed E-state index contributed by atoms with van der Waals surface area (Å²) in [6, 6.07) is 0. The van der Waals surface area contributed by atoms with E-state index in [-0.39, 0.29) is 0 Å². The zero-order chi connectivity index (χ0) is 10.5. The maximum absolute atomic E-state index is 10.4. The number of rotatable bonds is 6. The second-order valence-corrected chi connectivity index (χ2v) is 4.06. The Morgan fingerprint density at radius 1 is 1.46 bits per heavy atom. The maximum Gasteiger partial charge on any atom is 0.399 e. The molecule has 0 bridgehead atoms. The van der Waals surface area contributed by atoms with Gasteiger partial charge in [-0.25, -0.2) is 4.18 Å². The number of hydrogen-bond donors (Lipinski definition) is 2. The molecule has 0 spiro atoms. The van der Waals surface area contributed by atoms with Crippen LogP contribution in [0.3, 0.4) is 0 Å². The van der Waals surface area contributed by atoms with Gasteiger partial charge in [-0.1, -0.05) is 20.3 Å². The molecule has 0 aliphatic heterocycles. The quantitative estimate of drug-likeness (QED) is 0.506. The monoisotopic (exact) mass is 211 g/mol. The van der Waals surface area contributed by atoms with Crippen LogP contribution in [0.4, 0.5) is 0 Å². The van der Waals surface area contributed by atoms with Crippen LogP contribution >= 0.6 is 0 Å². The first-order valence-electron chi connectivity index (χ1n) is 4.30. The second-order valence-electron chi connectivity index (χ2n) is 3.03. The van der Waals surface area contributed by atoms with E-state index in [9.17, 15) is 8.42 Å². The third-order valence-corrected chi connectivity index (χ3v) is 2.37. The third kappa shape index (κ3) is 5.98. The Kier molecular flexibility index (Phi) is 4.83. The van der Waals surface area contributed by atoms with Crippen molar-refractivity contribution in [2.45, 2.75) is 45.3 Å². The summed E-state index contributed by atoms with van der Waals surface area (Å²) in [6.45, 7) is 3.67. The van der Waals surface area contributed by atoms with Crippen LogP contribution in [0.25, 0.3) is 0 Å². The van der Waals surface area contributed by atoms with E-state index < -0.39 is 16.1 Å². The first-order valence-corrected chi connectivity index (χ1v) is 5.66. The van der Waals surface area contributed by atoms with Crippen molar-refractivity contribution in [3.63, 3.8) is 0 Å². The number of hydrogen-bond acceptors (Lipinski definition) is 4. The van der Waals surface area contributed by atoms with Crippen LogP contribution in [0, 0.1) is 0 Å². The van der Waals surface area contributed by atoms with E-state index in [4.69, 9.17) is 10.3 Å². The Balaban J connectivity index is 4.28. The molecule has 80 valence electrons. The van der Waals surface area contributed by atoms with Gasteiger partial charge < -0.3 is 5.73 Å². The Morgan fingerprint density at radius 2 is 2.00 bits per heavy atom. The smallest absolute Gasteiger partial charge is 0.302 e. The number of nitrogens with two attached hydrogens (primary N) is 1. The lowest BCUT2D eigenvalue weighted by Crippen LogP contribution is -2.43. The Bertz CT molecular complexity index is 239. The Morgan fingerprint density at radius 3 is 2.31 bits per heavy atom. The summed E-state index contributed by atoms with van der Waals surface area (Å²) in [5.74, 6) is 0. The van der Waals surface area contributed by atoms with Crippen molar-refractivity contribution in [2.75, 3.05) is 0 Å². The first kappa shape index (κ1) is 12.8. The minimum Gasteiger partial charge on any atom is -0.302 e. The molecule has 0 saturated carbocycles. The average molecular weight is 211 g/mol. The summed E-state index contributed by atoms with van der Waals surface area (Å²) in [5.41, 5.74) is 4.35. The van der Waals surface area contributed by atoms with E-state index in [1.807, 2.05) is 6.92 Å². The highest BCUT2D eigenvalue weighted by Gasteiger charge is 2.28. The molecule has 0 unspecified atom stereocenters. The molecule has 0 fully saturated rings. The fourth-order valence-electron chi connectivity index (χ4n) is 0.963. The highest BCUT2D eigenvalue weighted by atomic mass is 32.3. The lowest BCUT2D eigenvalue weighted by molar-refractivity contribution is 0.0535. The fraction of sp³-hybridized carbons (Fsp3) is 1.00. The lowest BCUT2D eigenvalue weighted by Gasteiger charge is -2.25. The molecule has 3 N–H and O–H groups in total. The Labute approximate surface area is 79.2 Å². The van der Waals surface area contributed by atoms with Crippen molar-refractivity contribution in [1.82, 2.24) is 0 Å². The van der Waals surface area contributed by atoms with Crippen LogP contribution in [-0.4, -0.2) is 18.7 Å². The molecule has 1 atom stereocenters. The zero-order valence-corrected chi connectivity index (χ0v) is 8.80. The van der Waals surface area contributed by atoms with Gasteiger partial charge in [0.15, 0.2) is 0 Å². The predicted molar refractivity (Wildman–Crippen MR) is 49.4 cm³/mol. The first-order chi connectivity index (χ1) is 5.83. The van der Waals surface area contributed by atoms with Crippen molar-refractivity contribution in [1.29, 1.82) is 0 Å². The van der Waals surface area contributed by atoms with Crippen molar-refractivity contribution in [2.24, 2.45) is 5.73 Å². The average Bonchev–Trinajstić information content (AvgIpc) is 1.98. The zero-order valence-electron chi connectivity index (χ0n) is 7.99. The predicted octanol–water partition coefficient (Wildman–Crippen LogP) is 1.06. The van der Waals surface area contributed by atoms with E-state index in [1.165, 1.54) is 0 Å². The van der Waals surface area contributed by atoms with E-state index in [0.29, 0.717) is 12.8 Å². The summed E-state index contributed by atoms with van der Waals surface area (Å²) in [4.78, 5) is 0. The summed E-state index contributed by atoms with van der Waals surface area (Å²) < 4.78 is 33.7. The molecule has 0 rings (SSSR count). The Hall–Kier alpha value is -0.170. The molecule has 0 amide bonds. The van der Waals surface area contributed by atoms with Gasteiger partial charge in [-0.15, -0.1) is 0 Å². The minimum atomic E-state index is -4.45. The van der Waals surface area contributed by atoms with Gasteiger partial charge in [0.1, 0.15) is 5.72 Å². The van der Waals surface area contributed by atoms with Gasteiger partial charge in [0, 0.05) is 0 Å². The van der Waals surface area contributed by atoms with Crippen LogP contribution in [0.5, 0.6) is 0 Å². The van der Waals surface area contributed by atoms with Gasteiger partial charge in [0.25, 0.3) is 0 Å². The molecule has 13 heavy (non-hydrogen) atoms. The van der Waals surface area contributed by atoms with Crippen LogP contribution in [0.2, 0.25) is 0 Å². The molecule has 0 aliphatic rings. The molecule has 0 aromatic heterocycles. The van der Waals surface area contributed by atoms with Crippen LogP contribution in [-0.2, 0) is 14.6 Å². The van der Waals surface area contributed by atoms with Crippen LogP contribution in [0.1, 0.15) is 39.5 Å². The minimum absolute atomic E-state index is 0.340. The molecule has 0 aromatic carbocycles. The van der Waals surface area contributed by atoms with Crippen LogP contribution < -0.4 is 5.73 Å². The largest absolute Gasteiger partial charge is 0.399 e. The standard InChI is InChI=1S/C7H17NO4S/c1-3-5-6-7(8,4-2)12-13(9,10)11/h3-6,8H2,1-2H3,(H,9,10,11)/t7-/m1/s1. The highest BCUT2D eigenvalue weighted by molar-refractivity contribution is 7.80. The van der Waals surface area contributed by atoms with Crippen molar-refractivity contribution in [3.05, 3.63) is 0 Å². The van der Waals surface area contributed by atoms with Crippen LogP contribution in [0.15, 0.2) is 0 Å². The summed E-state index contributed by atoms with van der Waals surface area (Å²) in [5, 5.41) is 0. The molecular weight excluding hydrogens is 194 g/mol.